The third kappa shape index (κ3) is 4.90. The van der Waals surface area contributed by atoms with Gasteiger partial charge in [-0.05, 0) is 55.6 Å². The molecule has 0 unspecified atom stereocenters. The van der Waals surface area contributed by atoms with Crippen molar-refractivity contribution in [3.8, 4) is 5.75 Å². The maximum Gasteiger partial charge on any atom is 0.240 e. The van der Waals surface area contributed by atoms with E-state index in [1.807, 2.05) is 30.3 Å². The van der Waals surface area contributed by atoms with Crippen LogP contribution < -0.4 is 9.46 Å². The molecule has 2 aromatic rings. The van der Waals surface area contributed by atoms with Gasteiger partial charge in [0, 0.05) is 12.6 Å². The Kier molecular flexibility index (Phi) is 6.69. The van der Waals surface area contributed by atoms with Gasteiger partial charge < -0.3 is 4.74 Å². The molecule has 152 valence electrons. The van der Waals surface area contributed by atoms with E-state index in [4.69, 9.17) is 4.74 Å². The summed E-state index contributed by atoms with van der Waals surface area (Å²) in [5, 5.41) is 0. The molecule has 0 bridgehead atoms. The normalized spacial score (nSPS) is 17.4. The fourth-order valence-electron chi connectivity index (χ4n) is 3.56. The van der Waals surface area contributed by atoms with E-state index in [2.05, 4.69) is 16.5 Å². The number of hydrogen-bond donors (Lipinski definition) is 1. The van der Waals surface area contributed by atoms with Gasteiger partial charge in [-0.3, -0.25) is 4.90 Å². The molecule has 1 fully saturated rings. The summed E-state index contributed by atoms with van der Waals surface area (Å²) in [7, 11) is -2.49. The molecule has 1 aliphatic rings. The molecule has 0 radical (unpaired) electrons. The molecule has 0 spiro atoms. The summed E-state index contributed by atoms with van der Waals surface area (Å²) in [4.78, 5) is 2.22. The van der Waals surface area contributed by atoms with E-state index in [-0.39, 0.29) is 23.2 Å². The molecule has 5 nitrogen and oxygen atoms in total. The van der Waals surface area contributed by atoms with Crippen LogP contribution in [0.15, 0.2) is 53.4 Å². The van der Waals surface area contributed by atoms with E-state index >= 15 is 0 Å². The predicted molar refractivity (Wildman–Crippen MR) is 107 cm³/mol. The van der Waals surface area contributed by atoms with Crippen molar-refractivity contribution in [1.29, 1.82) is 0 Å². The number of benzene rings is 2. The van der Waals surface area contributed by atoms with Crippen LogP contribution in [0.3, 0.4) is 0 Å². The Balaban J connectivity index is 1.78. The third-order valence-electron chi connectivity index (χ3n) is 5.34. The lowest BCUT2D eigenvalue weighted by Crippen LogP contribution is -2.41. The molecule has 0 aromatic heterocycles. The van der Waals surface area contributed by atoms with Gasteiger partial charge in [0.25, 0.3) is 0 Å². The maximum absolute atomic E-state index is 13.9. The van der Waals surface area contributed by atoms with Crippen LogP contribution in [-0.2, 0) is 10.0 Å². The van der Waals surface area contributed by atoms with Crippen molar-refractivity contribution in [1.82, 2.24) is 9.62 Å². The van der Waals surface area contributed by atoms with E-state index < -0.39 is 15.8 Å². The van der Waals surface area contributed by atoms with Gasteiger partial charge in [0.15, 0.2) is 11.6 Å². The average molecular weight is 407 g/mol. The molecule has 1 aliphatic heterocycles. The molecule has 0 aliphatic carbocycles. The minimum atomic E-state index is -3.83. The second-order valence-corrected chi connectivity index (χ2v) is 9.06. The van der Waals surface area contributed by atoms with Crippen LogP contribution in [0.2, 0.25) is 0 Å². The van der Waals surface area contributed by atoms with Crippen molar-refractivity contribution in [3.63, 3.8) is 0 Å². The lowest BCUT2D eigenvalue weighted by molar-refractivity contribution is 0.139. The highest BCUT2D eigenvalue weighted by Crippen LogP contribution is 2.27. The van der Waals surface area contributed by atoms with Crippen LogP contribution in [0, 0.1) is 11.7 Å². The number of rotatable bonds is 7. The highest BCUT2D eigenvalue weighted by atomic mass is 32.2. The zero-order valence-electron chi connectivity index (χ0n) is 16.3. The number of sulfonamides is 1. The lowest BCUT2D eigenvalue weighted by atomic mass is 9.96. The first-order valence-corrected chi connectivity index (χ1v) is 11.0. The van der Waals surface area contributed by atoms with E-state index in [0.29, 0.717) is 5.92 Å². The van der Waals surface area contributed by atoms with E-state index in [9.17, 15) is 12.8 Å². The summed E-state index contributed by atoms with van der Waals surface area (Å²) < 4.78 is 46.9. The zero-order chi connectivity index (χ0) is 20.1. The minimum Gasteiger partial charge on any atom is -0.494 e. The molecular formula is C21H27FN2O3S. The van der Waals surface area contributed by atoms with Crippen molar-refractivity contribution in [2.24, 2.45) is 5.92 Å². The molecule has 2 aromatic carbocycles. The van der Waals surface area contributed by atoms with Gasteiger partial charge in [0.2, 0.25) is 10.0 Å². The molecule has 0 amide bonds. The molecule has 0 saturated carbocycles. The molecule has 7 heteroatoms. The van der Waals surface area contributed by atoms with Gasteiger partial charge >= 0.3 is 0 Å². The summed E-state index contributed by atoms with van der Waals surface area (Å²) in [5.74, 6) is 0.00481. The SMILES string of the molecule is COc1ccc(S(=O)(=O)NC[C@H](c2ccccc2)N2CCC(C)CC2)cc1F. The van der Waals surface area contributed by atoms with Crippen LogP contribution in [0.5, 0.6) is 5.75 Å². The number of nitrogens with zero attached hydrogens (tertiary/aromatic N) is 1. The molecule has 1 heterocycles. The van der Waals surface area contributed by atoms with Crippen LogP contribution in [0.4, 0.5) is 4.39 Å². The largest absolute Gasteiger partial charge is 0.494 e. The van der Waals surface area contributed by atoms with Crippen LogP contribution in [-0.4, -0.2) is 40.1 Å². The minimum absolute atomic E-state index is 0.0172. The second-order valence-electron chi connectivity index (χ2n) is 7.29. The Morgan fingerprint density at radius 1 is 1.18 bits per heavy atom. The Bertz CT molecular complexity index is 882. The summed E-state index contributed by atoms with van der Waals surface area (Å²) >= 11 is 0. The van der Waals surface area contributed by atoms with E-state index in [1.165, 1.54) is 19.2 Å². The standard InChI is InChI=1S/C21H27FN2O3S/c1-16-10-12-24(13-11-16)20(17-6-4-3-5-7-17)15-23-28(25,26)18-8-9-21(27-2)19(22)14-18/h3-9,14,16,20,23H,10-13,15H2,1-2H3/t20-/m1/s1. The number of halogens is 1. The van der Waals surface area contributed by atoms with Crippen molar-refractivity contribution in [2.75, 3.05) is 26.7 Å². The average Bonchev–Trinajstić information content (AvgIpc) is 2.70. The van der Waals surface area contributed by atoms with E-state index in [1.54, 1.807) is 0 Å². The number of piperidine rings is 1. The molecule has 28 heavy (non-hydrogen) atoms. The Morgan fingerprint density at radius 2 is 1.86 bits per heavy atom. The number of hydrogen-bond acceptors (Lipinski definition) is 4. The predicted octanol–water partition coefficient (Wildman–Crippen LogP) is 3.59. The third-order valence-corrected chi connectivity index (χ3v) is 6.76. The Hall–Kier alpha value is -1.96. The molecule has 1 atom stereocenters. The van der Waals surface area contributed by atoms with Gasteiger partial charge in [0.05, 0.1) is 12.0 Å². The monoisotopic (exact) mass is 406 g/mol. The quantitative estimate of drug-likeness (QED) is 0.764. The summed E-state index contributed by atoms with van der Waals surface area (Å²) in [5.41, 5.74) is 1.07. The molecular weight excluding hydrogens is 379 g/mol. The Labute approximate surface area is 166 Å². The van der Waals surface area contributed by atoms with Crippen LogP contribution in [0.25, 0.3) is 0 Å². The summed E-state index contributed by atoms with van der Waals surface area (Å²) in [6.45, 7) is 4.34. The summed E-state index contributed by atoms with van der Waals surface area (Å²) in [6, 6.07) is 13.5. The van der Waals surface area contributed by atoms with Gasteiger partial charge in [0.1, 0.15) is 0 Å². The number of nitrogens with one attached hydrogen (secondary N) is 1. The number of likely N-dealkylation sites (tertiary alicyclic amines) is 1. The first-order chi connectivity index (χ1) is 13.4. The highest BCUT2D eigenvalue weighted by molar-refractivity contribution is 7.89. The van der Waals surface area contributed by atoms with Crippen molar-refractivity contribution in [3.05, 3.63) is 59.9 Å². The number of methoxy groups -OCH3 is 1. The van der Waals surface area contributed by atoms with Crippen LogP contribution in [0.1, 0.15) is 31.4 Å². The smallest absolute Gasteiger partial charge is 0.240 e. The lowest BCUT2D eigenvalue weighted by Gasteiger charge is -2.37. The van der Waals surface area contributed by atoms with Gasteiger partial charge in [-0.1, -0.05) is 37.3 Å². The van der Waals surface area contributed by atoms with Crippen molar-refractivity contribution in [2.45, 2.75) is 30.7 Å². The topological polar surface area (TPSA) is 58.6 Å². The summed E-state index contributed by atoms with van der Waals surface area (Å²) in [6.07, 6.45) is 2.19. The maximum atomic E-state index is 13.9. The second kappa shape index (κ2) is 9.03. The highest BCUT2D eigenvalue weighted by Gasteiger charge is 2.26. The van der Waals surface area contributed by atoms with Crippen LogP contribution >= 0.6 is 0 Å². The fraction of sp³-hybridized carbons (Fsp3) is 0.429. The number of ether oxygens (including phenoxy) is 1. The molecule has 1 saturated heterocycles. The zero-order valence-corrected chi connectivity index (χ0v) is 17.1. The first-order valence-electron chi connectivity index (χ1n) is 9.53. The van der Waals surface area contributed by atoms with Gasteiger partial charge in [-0.25, -0.2) is 17.5 Å². The molecule has 1 N–H and O–H groups in total. The van der Waals surface area contributed by atoms with Crippen molar-refractivity contribution < 1.29 is 17.5 Å². The van der Waals surface area contributed by atoms with Crippen molar-refractivity contribution >= 4 is 10.0 Å². The molecule has 3 rings (SSSR count). The van der Waals surface area contributed by atoms with Gasteiger partial charge in [-0.2, -0.15) is 0 Å². The Morgan fingerprint density at radius 3 is 2.46 bits per heavy atom. The van der Waals surface area contributed by atoms with Gasteiger partial charge in [-0.15, -0.1) is 0 Å². The first kappa shape index (κ1) is 20.8. The van der Waals surface area contributed by atoms with E-state index in [0.717, 1.165) is 37.6 Å². The fourth-order valence-corrected chi connectivity index (χ4v) is 4.61.